The van der Waals surface area contributed by atoms with E-state index in [0.717, 1.165) is 10.1 Å². The lowest BCUT2D eigenvalue weighted by molar-refractivity contribution is 0.279. The Labute approximate surface area is 168 Å². The first-order valence-corrected chi connectivity index (χ1v) is 8.95. The minimum atomic E-state index is -0.589. The Balaban J connectivity index is 2.22. The van der Waals surface area contributed by atoms with Crippen LogP contribution in [0, 0.1) is 12.3 Å². The molecule has 29 heavy (non-hydrogen) atoms. The van der Waals surface area contributed by atoms with E-state index in [1.54, 1.807) is 19.3 Å². The Kier molecular flexibility index (Phi) is 5.59. The van der Waals surface area contributed by atoms with Crippen LogP contribution in [-0.4, -0.2) is 37.5 Å². The predicted octanol–water partition coefficient (Wildman–Crippen LogP) is 1.09. The van der Waals surface area contributed by atoms with Crippen molar-refractivity contribution in [1.29, 1.82) is 0 Å². The zero-order chi connectivity index (χ0) is 21.7. The lowest BCUT2D eigenvalue weighted by Crippen LogP contribution is -2.40. The van der Waals surface area contributed by atoms with Gasteiger partial charge in [-0.15, -0.1) is 6.42 Å². The van der Waals surface area contributed by atoms with Crippen LogP contribution < -0.4 is 16.0 Å². The molecule has 0 radical (unpaired) electrons. The van der Waals surface area contributed by atoms with Gasteiger partial charge in [-0.05, 0) is 30.2 Å². The van der Waals surface area contributed by atoms with Gasteiger partial charge in [-0.3, -0.25) is 9.36 Å². The average molecular weight is 396 g/mol. The highest BCUT2D eigenvalue weighted by molar-refractivity contribution is 5.76. The molecule has 0 unspecified atom stereocenters. The molecule has 0 aliphatic rings. The molecular weight excluding hydrogens is 372 g/mol. The van der Waals surface area contributed by atoms with E-state index in [0.29, 0.717) is 18.0 Å². The highest BCUT2D eigenvalue weighted by Gasteiger charge is 2.18. The molecule has 0 aliphatic heterocycles. The molecular formula is C21H22N4O4. The van der Waals surface area contributed by atoms with Crippen molar-refractivity contribution in [1.82, 2.24) is 18.7 Å². The third-order valence-corrected chi connectivity index (χ3v) is 4.45. The van der Waals surface area contributed by atoms with Gasteiger partial charge in [0.15, 0.2) is 11.2 Å². The monoisotopic (exact) mass is 396 g/mol. The molecule has 0 atom stereocenters. The molecule has 3 aromatic rings. The first-order chi connectivity index (χ1) is 14.5. The van der Waals surface area contributed by atoms with Gasteiger partial charge in [-0.2, -0.15) is 0 Å². The van der Waals surface area contributed by atoms with Crippen molar-refractivity contribution in [3.63, 3.8) is 0 Å². The van der Waals surface area contributed by atoms with Crippen molar-refractivity contribution in [2.24, 2.45) is 7.02 Å². The van der Waals surface area contributed by atoms with E-state index in [9.17, 15) is 14.7 Å². The number of rotatable bonds is 7. The number of imidazole rings is 1. The van der Waals surface area contributed by atoms with Gasteiger partial charge in [0.2, 0.25) is 0 Å². The molecule has 150 valence electrons. The number of aromatic nitrogens is 4. The summed E-state index contributed by atoms with van der Waals surface area (Å²) in [6, 6.07) is 7.38. The molecule has 1 aromatic carbocycles. The van der Waals surface area contributed by atoms with Crippen LogP contribution in [0.5, 0.6) is 5.75 Å². The molecule has 0 amide bonds. The zero-order valence-corrected chi connectivity index (χ0v) is 16.0. The van der Waals surface area contributed by atoms with E-state index in [1.165, 1.54) is 9.13 Å². The molecule has 0 saturated carbocycles. The third-order valence-electron chi connectivity index (χ3n) is 4.45. The van der Waals surface area contributed by atoms with Crippen molar-refractivity contribution in [3.8, 4) is 18.1 Å². The Morgan fingerprint density at radius 1 is 1.34 bits per heavy atom. The van der Waals surface area contributed by atoms with Crippen LogP contribution in [0.4, 0.5) is 0 Å². The van der Waals surface area contributed by atoms with Crippen molar-refractivity contribution < 1.29 is 11.2 Å². The van der Waals surface area contributed by atoms with E-state index in [4.69, 9.17) is 12.5 Å². The molecule has 0 aliphatic carbocycles. The van der Waals surface area contributed by atoms with E-state index >= 15 is 0 Å². The number of terminal acetylenes is 1. The fourth-order valence-electron chi connectivity index (χ4n) is 3.01. The van der Waals surface area contributed by atoms with Crippen LogP contribution in [0.25, 0.3) is 23.3 Å². The Bertz CT molecular complexity index is 1250. The van der Waals surface area contributed by atoms with Gasteiger partial charge in [-0.25, -0.2) is 14.3 Å². The van der Waals surface area contributed by atoms with Crippen molar-refractivity contribution >= 4 is 23.3 Å². The topological polar surface area (TPSA) is 91.3 Å². The summed E-state index contributed by atoms with van der Waals surface area (Å²) in [6.45, 7) is -0.139. The maximum Gasteiger partial charge on any atom is 0.333 e. The number of methoxy groups -OCH3 is 1. The van der Waals surface area contributed by atoms with Gasteiger partial charge in [-0.1, -0.05) is 24.1 Å². The summed E-state index contributed by atoms with van der Waals surface area (Å²) in [6.07, 6.45) is 9.10. The molecule has 2 heterocycles. The average Bonchev–Trinajstić information content (AvgIpc) is 3.13. The minimum Gasteiger partial charge on any atom is -0.497 e. The minimum absolute atomic E-state index is 0.121. The van der Waals surface area contributed by atoms with Crippen LogP contribution in [0.3, 0.4) is 0 Å². The second kappa shape index (κ2) is 8.63. The molecule has 0 saturated heterocycles. The molecule has 1 N–H and O–H groups in total. The number of aliphatic hydroxyl groups excluding tert-OH is 1. The van der Waals surface area contributed by atoms with E-state index in [-0.39, 0.29) is 37.9 Å². The first kappa shape index (κ1) is 18.8. The van der Waals surface area contributed by atoms with Crippen LogP contribution in [-0.2, 0) is 20.1 Å². The van der Waals surface area contributed by atoms with Crippen LogP contribution in [0.15, 0.2) is 33.9 Å². The molecule has 0 fully saturated rings. The summed E-state index contributed by atoms with van der Waals surface area (Å²) >= 11 is 0. The number of benzene rings is 1. The molecule has 2 aromatic heterocycles. The van der Waals surface area contributed by atoms with Crippen LogP contribution in [0.1, 0.15) is 19.2 Å². The van der Waals surface area contributed by atoms with Crippen molar-refractivity contribution in [3.05, 3.63) is 56.5 Å². The number of aryl methyl sites for hydroxylation is 2. The standard InChI is InChI=1S/C21H22N4O4/c1-4-11-25-20(27)18-19(24(21(25)28)12-6-13-26)22-17(23(18)2)10-9-15-7-5-8-16(14-15)29-3/h1,5,7-10,14,26H,6,11-13H2,2-3H3/b10-9+/i2T. The second-order valence-electron chi connectivity index (χ2n) is 6.29. The van der Waals surface area contributed by atoms with Crippen LogP contribution >= 0.6 is 0 Å². The van der Waals surface area contributed by atoms with Gasteiger partial charge in [0.25, 0.3) is 5.56 Å². The predicted molar refractivity (Wildman–Crippen MR) is 112 cm³/mol. The van der Waals surface area contributed by atoms with E-state index in [2.05, 4.69) is 10.9 Å². The molecule has 0 spiro atoms. The molecule has 8 heteroatoms. The van der Waals surface area contributed by atoms with Gasteiger partial charge in [0.05, 0.1) is 13.7 Å². The van der Waals surface area contributed by atoms with E-state index < -0.39 is 11.2 Å². The van der Waals surface area contributed by atoms with Crippen molar-refractivity contribution in [2.75, 3.05) is 13.7 Å². The number of ether oxygens (including phenoxy) is 1. The normalized spacial score (nSPS) is 11.7. The summed E-state index contributed by atoms with van der Waals surface area (Å²) < 4.78 is 16.8. The number of hydrogen-bond acceptors (Lipinski definition) is 5. The lowest BCUT2D eigenvalue weighted by Gasteiger charge is -2.09. The largest absolute Gasteiger partial charge is 0.497 e. The summed E-state index contributed by atoms with van der Waals surface area (Å²) in [5, 5.41) is 9.18. The van der Waals surface area contributed by atoms with Gasteiger partial charge < -0.3 is 14.4 Å². The van der Waals surface area contributed by atoms with E-state index in [1.807, 2.05) is 24.3 Å². The Morgan fingerprint density at radius 3 is 2.86 bits per heavy atom. The number of fused-ring (bicyclic) bond motifs is 1. The smallest absolute Gasteiger partial charge is 0.333 e. The summed E-state index contributed by atoms with van der Waals surface area (Å²) in [4.78, 5) is 30.2. The van der Waals surface area contributed by atoms with Crippen molar-refractivity contribution in [2.45, 2.75) is 19.5 Å². The first-order valence-electron chi connectivity index (χ1n) is 9.66. The Hall–Kier alpha value is -3.57. The third kappa shape index (κ3) is 3.86. The Morgan fingerprint density at radius 2 is 2.17 bits per heavy atom. The lowest BCUT2D eigenvalue weighted by atomic mass is 10.2. The summed E-state index contributed by atoms with van der Waals surface area (Å²) in [5.41, 5.74) is -0.0291. The second-order valence-corrected chi connectivity index (χ2v) is 6.29. The van der Waals surface area contributed by atoms with Gasteiger partial charge in [0, 0.05) is 21.5 Å². The maximum atomic E-state index is 12.9. The number of hydrogen-bond donors (Lipinski definition) is 1. The fourth-order valence-corrected chi connectivity index (χ4v) is 3.01. The number of aliphatic hydroxyl groups is 1. The molecule has 3 rings (SSSR count). The SMILES string of the molecule is [3H]Cn1c(/C=C/c2cccc(OC)c2)nc2c1c(=O)n(CC#C)c(=O)n2CCCO. The van der Waals surface area contributed by atoms with Gasteiger partial charge >= 0.3 is 5.69 Å². The highest BCUT2D eigenvalue weighted by atomic mass is 16.5. The fraction of sp³-hybridized carbons (Fsp3) is 0.286. The highest BCUT2D eigenvalue weighted by Crippen LogP contribution is 2.17. The zero-order valence-electron chi connectivity index (χ0n) is 17.0. The quantitative estimate of drug-likeness (QED) is 0.604. The summed E-state index contributed by atoms with van der Waals surface area (Å²) in [7, 11) is 1.31. The molecule has 8 nitrogen and oxygen atoms in total. The molecule has 0 bridgehead atoms. The van der Waals surface area contributed by atoms with Crippen LogP contribution in [0.2, 0.25) is 0 Å². The maximum absolute atomic E-state index is 12.9. The summed E-state index contributed by atoms with van der Waals surface area (Å²) in [5.74, 6) is 3.37. The van der Waals surface area contributed by atoms with Gasteiger partial charge in [0.1, 0.15) is 11.6 Å². The number of nitrogens with zero attached hydrogens (tertiary/aromatic N) is 4.